The summed E-state index contributed by atoms with van der Waals surface area (Å²) in [5.41, 5.74) is 9.28. The van der Waals surface area contributed by atoms with Gasteiger partial charge in [-0.1, -0.05) is 144 Å². The van der Waals surface area contributed by atoms with Crippen molar-refractivity contribution in [3.8, 4) is 22.6 Å². The third-order valence-electron chi connectivity index (χ3n) is 9.52. The Labute approximate surface area is 288 Å². The highest BCUT2D eigenvalue weighted by Crippen LogP contribution is 2.49. The number of aromatic hydroxyl groups is 2. The van der Waals surface area contributed by atoms with Crippen molar-refractivity contribution in [3.05, 3.63) is 117 Å². The molecule has 0 aliphatic heterocycles. The van der Waals surface area contributed by atoms with Crippen LogP contribution in [0.25, 0.3) is 11.1 Å². The van der Waals surface area contributed by atoms with Gasteiger partial charge in [-0.15, -0.1) is 0 Å². The third-order valence-corrected chi connectivity index (χ3v) is 9.52. The van der Waals surface area contributed by atoms with Gasteiger partial charge in [0, 0.05) is 34.7 Å². The van der Waals surface area contributed by atoms with Crippen LogP contribution in [0.5, 0.6) is 11.5 Å². The van der Waals surface area contributed by atoms with Crippen LogP contribution in [0, 0.1) is 0 Å². The van der Waals surface area contributed by atoms with E-state index in [9.17, 15) is 10.2 Å². The Morgan fingerprint density at radius 3 is 1.12 bits per heavy atom. The summed E-state index contributed by atoms with van der Waals surface area (Å²) >= 11 is 0. The summed E-state index contributed by atoms with van der Waals surface area (Å²) in [6.45, 7) is 25.9. The van der Waals surface area contributed by atoms with Crippen LogP contribution in [0.4, 0.5) is 0 Å². The predicted molar refractivity (Wildman–Crippen MR) is 204 cm³/mol. The number of phenolic OH excluding ortho intramolecular Hbond substituents is 2. The fourth-order valence-electron chi connectivity index (χ4n) is 6.51. The second kappa shape index (κ2) is 12.4. The van der Waals surface area contributed by atoms with Gasteiger partial charge in [-0.25, -0.2) is 0 Å². The summed E-state index contributed by atoms with van der Waals surface area (Å²) in [7, 11) is 0. The lowest BCUT2D eigenvalue weighted by Gasteiger charge is -2.31. The van der Waals surface area contributed by atoms with E-state index in [-0.39, 0.29) is 45.2 Å². The second-order valence-corrected chi connectivity index (χ2v) is 17.5. The van der Waals surface area contributed by atoms with E-state index in [0.717, 1.165) is 44.5 Å². The average Bonchev–Trinajstić information content (AvgIpc) is 2.98. The van der Waals surface area contributed by atoms with E-state index in [4.69, 9.17) is 9.98 Å². The molecule has 48 heavy (non-hydrogen) atoms. The van der Waals surface area contributed by atoms with Crippen molar-refractivity contribution in [2.45, 2.75) is 117 Å². The van der Waals surface area contributed by atoms with Crippen LogP contribution in [-0.2, 0) is 21.7 Å². The van der Waals surface area contributed by atoms with Gasteiger partial charge in [0.05, 0.1) is 0 Å². The summed E-state index contributed by atoms with van der Waals surface area (Å²) in [5, 5.41) is 23.2. The minimum absolute atomic E-state index is 0.102. The van der Waals surface area contributed by atoms with Gasteiger partial charge < -0.3 is 10.2 Å². The van der Waals surface area contributed by atoms with Crippen LogP contribution >= 0.6 is 0 Å². The lowest BCUT2D eigenvalue weighted by Crippen LogP contribution is -2.18. The molecule has 4 aromatic carbocycles. The molecule has 2 N–H and O–H groups in total. The second-order valence-electron chi connectivity index (χ2n) is 17.5. The summed E-state index contributed by atoms with van der Waals surface area (Å²) in [6.07, 6.45) is 3.68. The van der Waals surface area contributed by atoms with Gasteiger partial charge in [0.1, 0.15) is 23.6 Å². The number of aliphatic imine (C=N–C) groups is 2. The van der Waals surface area contributed by atoms with Crippen molar-refractivity contribution in [3.63, 3.8) is 0 Å². The van der Waals surface area contributed by atoms with Crippen LogP contribution in [0.1, 0.15) is 140 Å². The molecular weight excluding hydrogens is 588 g/mol. The lowest BCUT2D eigenvalue weighted by atomic mass is 9.78. The molecule has 1 aliphatic rings. The van der Waals surface area contributed by atoms with Crippen LogP contribution in [-0.4, -0.2) is 22.6 Å². The molecule has 0 amide bonds. The molecule has 4 heteroatoms. The quantitative estimate of drug-likeness (QED) is 0.218. The summed E-state index contributed by atoms with van der Waals surface area (Å²) < 4.78 is 0. The number of rotatable bonds is 4. The summed E-state index contributed by atoms with van der Waals surface area (Å²) in [4.78, 5) is 10.5. The molecule has 4 nitrogen and oxygen atoms in total. The van der Waals surface area contributed by atoms with Gasteiger partial charge in [-0.05, 0) is 67.2 Å². The molecule has 0 saturated heterocycles. The number of benzene rings is 4. The molecule has 0 aromatic heterocycles. The number of hydrogen-bond acceptors (Lipinski definition) is 4. The van der Waals surface area contributed by atoms with Crippen molar-refractivity contribution < 1.29 is 10.2 Å². The average molecular weight is 643 g/mol. The first-order valence-electron chi connectivity index (χ1n) is 17.2. The zero-order chi connectivity index (χ0) is 35.4. The predicted octanol–water partition coefficient (Wildman–Crippen LogP) is 11.3. The summed E-state index contributed by atoms with van der Waals surface area (Å²) in [6, 6.07) is 24.5. The van der Waals surface area contributed by atoms with Gasteiger partial charge >= 0.3 is 0 Å². The monoisotopic (exact) mass is 642 g/mol. The van der Waals surface area contributed by atoms with E-state index in [1.807, 2.05) is 12.4 Å². The Bertz CT molecular complexity index is 1750. The van der Waals surface area contributed by atoms with E-state index >= 15 is 0 Å². The van der Waals surface area contributed by atoms with Gasteiger partial charge in [0.15, 0.2) is 0 Å². The van der Waals surface area contributed by atoms with E-state index in [1.54, 1.807) is 0 Å². The fraction of sp³-hybridized carbons (Fsp3) is 0.409. The lowest BCUT2D eigenvalue weighted by molar-refractivity contribution is 0.442. The zero-order valence-corrected chi connectivity index (χ0v) is 31.0. The largest absolute Gasteiger partial charge is 0.507 e. The van der Waals surface area contributed by atoms with Crippen LogP contribution in [0.15, 0.2) is 82.8 Å². The maximum Gasteiger partial charge on any atom is 0.128 e. The molecule has 0 spiro atoms. The van der Waals surface area contributed by atoms with Crippen molar-refractivity contribution in [1.82, 2.24) is 0 Å². The molecule has 0 fully saturated rings. The maximum absolute atomic E-state index is 11.6. The first-order chi connectivity index (χ1) is 22.2. The Balaban J connectivity index is 1.71. The molecule has 0 radical (unpaired) electrons. The van der Waals surface area contributed by atoms with E-state index in [1.165, 1.54) is 0 Å². The molecule has 0 saturated carbocycles. The Hall–Kier alpha value is -4.18. The standard InChI is InChI=1S/C44H54N2O2/c1-41(2,3)29-21-27(39(47)35(23-29)43(7,8)9)25-45-37-33-19-15-13-17-31(33)32-18-14-16-20-34(32)38(37)46-26-28-22-30(42(4,5)6)24-36(40(28)48)44(10,11)12/h13-26,37-38,47-48H,1-12H3/t37-,38-/m1/s1. The van der Waals surface area contributed by atoms with Crippen molar-refractivity contribution in [1.29, 1.82) is 0 Å². The first-order valence-corrected chi connectivity index (χ1v) is 17.2. The highest BCUT2D eigenvalue weighted by molar-refractivity contribution is 5.87. The number of fused-ring (bicyclic) bond motifs is 3. The van der Waals surface area contributed by atoms with Crippen LogP contribution in [0.2, 0.25) is 0 Å². The minimum atomic E-state index is -0.349. The molecule has 0 bridgehead atoms. The van der Waals surface area contributed by atoms with Crippen molar-refractivity contribution >= 4 is 12.4 Å². The topological polar surface area (TPSA) is 65.2 Å². The van der Waals surface area contributed by atoms with Gasteiger partial charge in [-0.2, -0.15) is 0 Å². The smallest absolute Gasteiger partial charge is 0.128 e. The van der Waals surface area contributed by atoms with Crippen LogP contribution < -0.4 is 0 Å². The Kier molecular flexibility index (Phi) is 9.05. The van der Waals surface area contributed by atoms with Crippen LogP contribution in [0.3, 0.4) is 0 Å². The molecule has 1 aliphatic carbocycles. The molecule has 252 valence electrons. The maximum atomic E-state index is 11.6. The SMILES string of the molecule is CC(C)(C)c1cc(C=N[C@@H]2c3ccccc3-c3ccccc3[C@H]2N=Cc2cc(C(C)(C)C)cc(C(C)(C)C)c2O)c(O)c(C(C)(C)C)c1. The Morgan fingerprint density at radius 2 is 0.812 bits per heavy atom. The molecule has 2 atom stereocenters. The van der Waals surface area contributed by atoms with Crippen molar-refractivity contribution in [2.24, 2.45) is 9.98 Å². The number of hydrogen-bond donors (Lipinski definition) is 2. The normalized spacial score (nSPS) is 17.2. The molecule has 0 heterocycles. The third kappa shape index (κ3) is 6.99. The van der Waals surface area contributed by atoms with Gasteiger partial charge in [0.2, 0.25) is 0 Å². The molecular formula is C44H54N2O2. The van der Waals surface area contributed by atoms with Gasteiger partial charge in [-0.3, -0.25) is 9.98 Å². The fourth-order valence-corrected chi connectivity index (χ4v) is 6.51. The Morgan fingerprint density at radius 1 is 0.479 bits per heavy atom. The first kappa shape index (κ1) is 35.1. The van der Waals surface area contributed by atoms with Gasteiger partial charge in [0.25, 0.3) is 0 Å². The van der Waals surface area contributed by atoms with E-state index in [2.05, 4.69) is 156 Å². The minimum Gasteiger partial charge on any atom is -0.507 e. The molecule has 5 rings (SSSR count). The highest BCUT2D eigenvalue weighted by Gasteiger charge is 2.33. The van der Waals surface area contributed by atoms with E-state index in [0.29, 0.717) is 11.1 Å². The zero-order valence-electron chi connectivity index (χ0n) is 31.0. The molecule has 0 unspecified atom stereocenters. The number of nitrogens with zero attached hydrogens (tertiary/aromatic N) is 2. The highest BCUT2D eigenvalue weighted by atomic mass is 16.3. The van der Waals surface area contributed by atoms with Crippen molar-refractivity contribution in [2.75, 3.05) is 0 Å². The van der Waals surface area contributed by atoms with E-state index < -0.39 is 0 Å². The summed E-state index contributed by atoms with van der Waals surface area (Å²) in [5.74, 6) is 0.532. The molecule has 4 aromatic rings. The number of phenols is 2.